The van der Waals surface area contributed by atoms with Gasteiger partial charge in [0, 0.05) is 10.6 Å². The van der Waals surface area contributed by atoms with Crippen LogP contribution in [0.3, 0.4) is 0 Å². The first kappa shape index (κ1) is 14.3. The van der Waals surface area contributed by atoms with Crippen molar-refractivity contribution >= 4 is 17.6 Å². The summed E-state index contributed by atoms with van der Waals surface area (Å²) in [6, 6.07) is 7.67. The minimum Gasteiger partial charge on any atom is -0.488 e. The Morgan fingerprint density at radius 3 is 2.70 bits per heavy atom. The van der Waals surface area contributed by atoms with Gasteiger partial charge in [0.25, 0.3) is 0 Å². The molecule has 2 rings (SSSR count). The zero-order valence-electron chi connectivity index (χ0n) is 10.1. The van der Waals surface area contributed by atoms with Crippen molar-refractivity contribution in [3.05, 3.63) is 64.2 Å². The Balaban J connectivity index is 2.24. The number of hydrogen-bond acceptors (Lipinski definition) is 2. The van der Waals surface area contributed by atoms with E-state index in [1.165, 1.54) is 30.3 Å². The number of rotatable bonds is 4. The summed E-state index contributed by atoms with van der Waals surface area (Å²) in [4.78, 5) is 11.0. The quantitative estimate of drug-likeness (QED) is 0.931. The van der Waals surface area contributed by atoms with Crippen LogP contribution in [0, 0.1) is 11.6 Å². The molecule has 0 aliphatic carbocycles. The molecule has 3 nitrogen and oxygen atoms in total. The van der Waals surface area contributed by atoms with Crippen molar-refractivity contribution in [2.75, 3.05) is 0 Å². The van der Waals surface area contributed by atoms with Gasteiger partial charge < -0.3 is 9.84 Å². The highest BCUT2D eigenvalue weighted by Gasteiger charge is 2.13. The van der Waals surface area contributed by atoms with Gasteiger partial charge in [0.05, 0.1) is 0 Å². The van der Waals surface area contributed by atoms with E-state index in [9.17, 15) is 13.6 Å². The lowest BCUT2D eigenvalue weighted by Crippen LogP contribution is -2.05. The summed E-state index contributed by atoms with van der Waals surface area (Å²) in [5, 5.41) is 9.28. The molecule has 2 aromatic carbocycles. The topological polar surface area (TPSA) is 46.5 Å². The van der Waals surface area contributed by atoms with Gasteiger partial charge in [0.15, 0.2) is 11.6 Å². The summed E-state index contributed by atoms with van der Waals surface area (Å²) in [5.74, 6) is -3.22. The van der Waals surface area contributed by atoms with E-state index in [1.807, 2.05) is 0 Å². The number of halogens is 3. The predicted molar refractivity (Wildman–Crippen MR) is 69.1 cm³/mol. The Morgan fingerprint density at radius 1 is 1.25 bits per heavy atom. The molecule has 0 spiro atoms. The van der Waals surface area contributed by atoms with Crippen molar-refractivity contribution in [2.45, 2.75) is 6.61 Å². The molecule has 0 saturated heterocycles. The molecule has 0 saturated carbocycles. The van der Waals surface area contributed by atoms with Crippen molar-refractivity contribution in [3.8, 4) is 5.75 Å². The number of carboxylic acids is 1. The second-order valence-corrected chi connectivity index (χ2v) is 4.38. The van der Waals surface area contributed by atoms with Crippen molar-refractivity contribution in [2.24, 2.45) is 0 Å². The summed E-state index contributed by atoms with van der Waals surface area (Å²) < 4.78 is 31.7. The molecule has 20 heavy (non-hydrogen) atoms. The van der Waals surface area contributed by atoms with Gasteiger partial charge in [-0.15, -0.1) is 0 Å². The Morgan fingerprint density at radius 2 is 2.00 bits per heavy atom. The standard InChI is InChI=1S/C14H9ClF2O3/c15-9-4-5-10(14(18)19)12(6-9)20-7-8-2-1-3-11(16)13(8)17/h1-6H,7H2,(H,18,19). The number of aromatic carboxylic acids is 1. The average molecular weight is 299 g/mol. The van der Waals surface area contributed by atoms with E-state index < -0.39 is 17.6 Å². The fourth-order valence-electron chi connectivity index (χ4n) is 1.61. The molecule has 1 N–H and O–H groups in total. The Bertz CT molecular complexity index is 659. The van der Waals surface area contributed by atoms with Crippen molar-refractivity contribution in [1.82, 2.24) is 0 Å². The van der Waals surface area contributed by atoms with Crippen LogP contribution in [0.1, 0.15) is 15.9 Å². The highest BCUT2D eigenvalue weighted by Crippen LogP contribution is 2.25. The van der Waals surface area contributed by atoms with E-state index in [1.54, 1.807) is 0 Å². The molecule has 0 radical (unpaired) electrons. The summed E-state index contributed by atoms with van der Waals surface area (Å²) >= 11 is 5.75. The zero-order valence-corrected chi connectivity index (χ0v) is 10.8. The van der Waals surface area contributed by atoms with E-state index in [4.69, 9.17) is 21.4 Å². The first-order valence-corrected chi connectivity index (χ1v) is 5.95. The predicted octanol–water partition coefficient (Wildman–Crippen LogP) is 3.90. The molecule has 104 valence electrons. The van der Waals surface area contributed by atoms with E-state index in [2.05, 4.69) is 0 Å². The molecule has 6 heteroatoms. The van der Waals surface area contributed by atoms with Crippen LogP contribution < -0.4 is 4.74 Å². The van der Waals surface area contributed by atoms with Crippen LogP contribution in [0.25, 0.3) is 0 Å². The maximum atomic E-state index is 13.4. The largest absolute Gasteiger partial charge is 0.488 e. The number of hydrogen-bond donors (Lipinski definition) is 1. The van der Waals surface area contributed by atoms with Gasteiger partial charge >= 0.3 is 5.97 Å². The van der Waals surface area contributed by atoms with E-state index in [-0.39, 0.29) is 28.5 Å². The lowest BCUT2D eigenvalue weighted by Gasteiger charge is -2.10. The van der Waals surface area contributed by atoms with Crippen LogP contribution in [0.4, 0.5) is 8.78 Å². The first-order valence-electron chi connectivity index (χ1n) is 5.57. The average Bonchev–Trinajstić information content (AvgIpc) is 2.40. The van der Waals surface area contributed by atoms with Crippen LogP contribution in [0.2, 0.25) is 5.02 Å². The summed E-state index contributed by atoms with van der Waals surface area (Å²) in [5.41, 5.74) is -0.118. The molecule has 0 aliphatic rings. The molecule has 0 fully saturated rings. The maximum Gasteiger partial charge on any atom is 0.339 e. The third-order valence-electron chi connectivity index (χ3n) is 2.59. The Labute approximate surface area is 118 Å². The molecular formula is C14H9ClF2O3. The van der Waals surface area contributed by atoms with E-state index in [0.717, 1.165) is 6.07 Å². The highest BCUT2D eigenvalue weighted by atomic mass is 35.5. The van der Waals surface area contributed by atoms with Crippen LogP contribution in [0.5, 0.6) is 5.75 Å². The van der Waals surface area contributed by atoms with Gasteiger partial charge in [0.1, 0.15) is 17.9 Å². The SMILES string of the molecule is O=C(O)c1ccc(Cl)cc1OCc1cccc(F)c1F. The lowest BCUT2D eigenvalue weighted by atomic mass is 10.2. The van der Waals surface area contributed by atoms with Crippen LogP contribution >= 0.6 is 11.6 Å². The molecule has 0 atom stereocenters. The minimum atomic E-state index is -1.20. The smallest absolute Gasteiger partial charge is 0.339 e. The third kappa shape index (κ3) is 3.05. The number of carbonyl (C=O) groups is 1. The van der Waals surface area contributed by atoms with Gasteiger partial charge in [-0.05, 0) is 24.3 Å². The summed E-state index contributed by atoms with van der Waals surface area (Å²) in [6.45, 7) is -0.301. The number of ether oxygens (including phenoxy) is 1. The first-order chi connectivity index (χ1) is 9.49. The lowest BCUT2D eigenvalue weighted by molar-refractivity contribution is 0.0691. The summed E-state index contributed by atoms with van der Waals surface area (Å²) in [7, 11) is 0. The zero-order chi connectivity index (χ0) is 14.7. The normalized spacial score (nSPS) is 10.3. The van der Waals surface area contributed by atoms with E-state index in [0.29, 0.717) is 0 Å². The molecule has 0 heterocycles. The fraction of sp³-hybridized carbons (Fsp3) is 0.0714. The second kappa shape index (κ2) is 5.88. The molecule has 0 amide bonds. The molecule has 0 unspecified atom stereocenters. The van der Waals surface area contributed by atoms with Gasteiger partial charge in [-0.25, -0.2) is 13.6 Å². The maximum absolute atomic E-state index is 13.4. The van der Waals surface area contributed by atoms with Crippen molar-refractivity contribution in [3.63, 3.8) is 0 Å². The Hall–Kier alpha value is -2.14. The number of carboxylic acid groups (broad SMARTS) is 1. The monoisotopic (exact) mass is 298 g/mol. The van der Waals surface area contributed by atoms with E-state index >= 15 is 0 Å². The summed E-state index contributed by atoms with van der Waals surface area (Å²) in [6.07, 6.45) is 0. The van der Waals surface area contributed by atoms with Crippen LogP contribution in [0.15, 0.2) is 36.4 Å². The molecule has 0 bridgehead atoms. The van der Waals surface area contributed by atoms with Gasteiger partial charge in [-0.1, -0.05) is 23.7 Å². The Kier molecular flexibility index (Phi) is 4.20. The van der Waals surface area contributed by atoms with Crippen molar-refractivity contribution in [1.29, 1.82) is 0 Å². The third-order valence-corrected chi connectivity index (χ3v) is 2.82. The van der Waals surface area contributed by atoms with Gasteiger partial charge in [-0.3, -0.25) is 0 Å². The molecule has 0 aromatic heterocycles. The number of benzene rings is 2. The van der Waals surface area contributed by atoms with Crippen LogP contribution in [-0.4, -0.2) is 11.1 Å². The van der Waals surface area contributed by atoms with Gasteiger partial charge in [-0.2, -0.15) is 0 Å². The van der Waals surface area contributed by atoms with Gasteiger partial charge in [0.2, 0.25) is 0 Å². The minimum absolute atomic E-state index is 0.00587. The van der Waals surface area contributed by atoms with Crippen molar-refractivity contribution < 1.29 is 23.4 Å². The fourth-order valence-corrected chi connectivity index (χ4v) is 1.77. The second-order valence-electron chi connectivity index (χ2n) is 3.95. The molecule has 2 aromatic rings. The molecule has 0 aliphatic heterocycles. The highest BCUT2D eigenvalue weighted by molar-refractivity contribution is 6.30. The van der Waals surface area contributed by atoms with Crippen LogP contribution in [-0.2, 0) is 6.61 Å². The molecular weight excluding hydrogens is 290 g/mol.